The quantitative estimate of drug-likeness (QED) is 0.668. The molecule has 1 amide bonds. The Balaban J connectivity index is 1.77. The molecule has 28 heavy (non-hydrogen) atoms. The number of anilines is 1. The summed E-state index contributed by atoms with van der Waals surface area (Å²) in [5, 5.41) is 2.83. The average Bonchev–Trinajstić information content (AvgIpc) is 3.08. The lowest BCUT2D eigenvalue weighted by Gasteiger charge is -2.14. The molecule has 146 valence electrons. The molecule has 3 aromatic rings. The Morgan fingerprint density at radius 1 is 1.04 bits per heavy atom. The van der Waals surface area contributed by atoms with Crippen molar-refractivity contribution in [1.29, 1.82) is 0 Å². The number of oxazole rings is 1. The normalized spacial score (nSPS) is 10.4. The first-order valence-electron chi connectivity index (χ1n) is 8.67. The minimum absolute atomic E-state index is 0.0579. The van der Waals surface area contributed by atoms with Crippen LogP contribution in [0.2, 0.25) is 0 Å². The van der Waals surface area contributed by atoms with Crippen LogP contribution in [-0.4, -0.2) is 32.2 Å². The van der Waals surface area contributed by atoms with E-state index in [1.165, 1.54) is 21.3 Å². The monoisotopic (exact) mass is 382 g/mol. The summed E-state index contributed by atoms with van der Waals surface area (Å²) in [7, 11) is 4.56. The first-order chi connectivity index (χ1) is 13.5. The fraction of sp³-hybridized carbons (Fsp3) is 0.238. The first-order valence-corrected chi connectivity index (χ1v) is 8.67. The average molecular weight is 382 g/mol. The molecule has 0 aliphatic carbocycles. The minimum atomic E-state index is -0.242. The zero-order valence-corrected chi connectivity index (χ0v) is 16.2. The fourth-order valence-electron chi connectivity index (χ4n) is 2.80. The van der Waals surface area contributed by atoms with Gasteiger partial charge in [-0.3, -0.25) is 4.79 Å². The number of hydrogen-bond donors (Lipinski definition) is 1. The number of benzene rings is 2. The molecule has 7 nitrogen and oxygen atoms in total. The van der Waals surface area contributed by atoms with Crippen LogP contribution in [0.25, 0.3) is 11.5 Å². The first kappa shape index (κ1) is 19.3. The molecule has 0 fully saturated rings. The van der Waals surface area contributed by atoms with Gasteiger partial charge < -0.3 is 23.9 Å². The molecule has 0 radical (unpaired) electrons. The lowest BCUT2D eigenvalue weighted by Crippen LogP contribution is -2.15. The van der Waals surface area contributed by atoms with Gasteiger partial charge in [-0.15, -0.1) is 0 Å². The molecule has 0 atom stereocenters. The van der Waals surface area contributed by atoms with E-state index in [2.05, 4.69) is 10.3 Å². The molecular formula is C21H22N2O5. The number of nitrogens with zero attached hydrogens (tertiary/aromatic N) is 1. The van der Waals surface area contributed by atoms with Crippen molar-refractivity contribution in [3.8, 4) is 28.7 Å². The van der Waals surface area contributed by atoms with Crippen LogP contribution in [0.3, 0.4) is 0 Å². The second-order valence-corrected chi connectivity index (χ2v) is 6.03. The predicted molar refractivity (Wildman–Crippen MR) is 105 cm³/mol. The topological polar surface area (TPSA) is 82.8 Å². The van der Waals surface area contributed by atoms with Gasteiger partial charge in [0.15, 0.2) is 11.5 Å². The smallest absolute Gasteiger partial charge is 0.232 e. The van der Waals surface area contributed by atoms with E-state index in [1.54, 1.807) is 12.1 Å². The largest absolute Gasteiger partial charge is 0.493 e. The highest BCUT2D eigenvalue weighted by molar-refractivity contribution is 5.92. The molecule has 7 heteroatoms. The predicted octanol–water partition coefficient (Wildman–Crippen LogP) is 3.86. The van der Waals surface area contributed by atoms with Gasteiger partial charge in [-0.25, -0.2) is 4.98 Å². The molecule has 0 spiro atoms. The van der Waals surface area contributed by atoms with Gasteiger partial charge in [-0.1, -0.05) is 18.2 Å². The zero-order chi connectivity index (χ0) is 20.1. The van der Waals surface area contributed by atoms with Crippen LogP contribution in [-0.2, 0) is 11.2 Å². The molecule has 0 bridgehead atoms. The number of carbonyl (C=O) groups excluding carboxylic acids is 1. The molecule has 0 unspecified atom stereocenters. The lowest BCUT2D eigenvalue weighted by atomic mass is 10.2. The minimum Gasteiger partial charge on any atom is -0.493 e. The van der Waals surface area contributed by atoms with Crippen LogP contribution in [0.15, 0.2) is 46.9 Å². The molecule has 0 aliphatic rings. The van der Waals surface area contributed by atoms with Gasteiger partial charge in [-0.05, 0) is 19.1 Å². The summed E-state index contributed by atoms with van der Waals surface area (Å²) in [4.78, 5) is 16.9. The number of rotatable bonds is 7. The molecule has 1 aromatic heterocycles. The van der Waals surface area contributed by atoms with Crippen molar-refractivity contribution in [2.24, 2.45) is 0 Å². The van der Waals surface area contributed by atoms with Gasteiger partial charge in [0, 0.05) is 23.4 Å². The Bertz CT molecular complexity index is 941. The van der Waals surface area contributed by atoms with Crippen LogP contribution in [0, 0.1) is 6.92 Å². The molecule has 0 saturated carbocycles. The number of methoxy groups -OCH3 is 3. The van der Waals surface area contributed by atoms with E-state index < -0.39 is 0 Å². The molecule has 3 rings (SSSR count). The highest BCUT2D eigenvalue weighted by Gasteiger charge is 2.17. The van der Waals surface area contributed by atoms with E-state index in [0.29, 0.717) is 40.3 Å². The van der Waals surface area contributed by atoms with Crippen molar-refractivity contribution in [1.82, 2.24) is 4.98 Å². The van der Waals surface area contributed by atoms with Crippen LogP contribution in [0.4, 0.5) is 5.69 Å². The summed E-state index contributed by atoms with van der Waals surface area (Å²) in [5.74, 6) is 2.14. The third kappa shape index (κ3) is 4.09. The second kappa shape index (κ2) is 8.47. The van der Waals surface area contributed by atoms with E-state index in [0.717, 1.165) is 5.56 Å². The number of aromatic nitrogens is 1. The third-order valence-electron chi connectivity index (χ3n) is 4.18. The summed E-state index contributed by atoms with van der Waals surface area (Å²) in [6.45, 7) is 1.82. The van der Waals surface area contributed by atoms with Crippen LogP contribution in [0.5, 0.6) is 17.2 Å². The summed E-state index contributed by atoms with van der Waals surface area (Å²) in [6.07, 6.45) is 0.0579. The molecule has 1 heterocycles. The fourth-order valence-corrected chi connectivity index (χ4v) is 2.80. The Labute approximate surface area is 163 Å². The summed E-state index contributed by atoms with van der Waals surface area (Å²) in [5.41, 5.74) is 2.07. The van der Waals surface area contributed by atoms with Crippen LogP contribution < -0.4 is 19.5 Å². The Hall–Kier alpha value is -3.48. The number of nitrogens with one attached hydrogen (secondary N) is 1. The number of carbonyl (C=O) groups is 1. The van der Waals surface area contributed by atoms with Crippen molar-refractivity contribution in [2.45, 2.75) is 13.3 Å². The summed E-state index contributed by atoms with van der Waals surface area (Å²) < 4.78 is 21.7. The maximum absolute atomic E-state index is 12.5. The van der Waals surface area contributed by atoms with Gasteiger partial charge in [0.2, 0.25) is 17.5 Å². The van der Waals surface area contributed by atoms with Gasteiger partial charge in [0.1, 0.15) is 5.76 Å². The maximum atomic E-state index is 12.5. The Kier molecular flexibility index (Phi) is 5.84. The number of ether oxygens (including phenoxy) is 3. The van der Waals surface area contributed by atoms with Crippen molar-refractivity contribution in [3.05, 3.63) is 53.9 Å². The molecule has 0 saturated heterocycles. The van der Waals surface area contributed by atoms with Crippen molar-refractivity contribution in [3.63, 3.8) is 0 Å². The Morgan fingerprint density at radius 2 is 1.68 bits per heavy atom. The number of amides is 1. The third-order valence-corrected chi connectivity index (χ3v) is 4.18. The van der Waals surface area contributed by atoms with Crippen LogP contribution in [0.1, 0.15) is 11.5 Å². The van der Waals surface area contributed by atoms with Gasteiger partial charge in [0.25, 0.3) is 0 Å². The highest BCUT2D eigenvalue weighted by Crippen LogP contribution is 2.40. The van der Waals surface area contributed by atoms with Crippen molar-refractivity contribution < 1.29 is 23.4 Å². The SMILES string of the molecule is COc1cc(NC(=O)Cc2oc(-c3ccccc3)nc2C)cc(OC)c1OC. The molecule has 2 aromatic carbocycles. The van der Waals surface area contributed by atoms with Gasteiger partial charge >= 0.3 is 0 Å². The Morgan fingerprint density at radius 3 is 2.25 bits per heavy atom. The van der Waals surface area contributed by atoms with Gasteiger partial charge in [-0.2, -0.15) is 0 Å². The number of aryl methyl sites for hydroxylation is 1. The van der Waals surface area contributed by atoms with Crippen molar-refractivity contribution >= 4 is 11.6 Å². The summed E-state index contributed by atoms with van der Waals surface area (Å²) >= 11 is 0. The van der Waals surface area contributed by atoms with E-state index in [9.17, 15) is 4.79 Å². The maximum Gasteiger partial charge on any atom is 0.232 e. The molecular weight excluding hydrogens is 360 g/mol. The standard InChI is InChI=1S/C21H22N2O5/c1-13-16(28-21(22-13)14-8-6-5-7-9-14)12-19(24)23-15-10-17(25-2)20(27-4)18(11-15)26-3/h5-11H,12H2,1-4H3,(H,23,24). The van der Waals surface area contributed by atoms with Crippen molar-refractivity contribution in [2.75, 3.05) is 26.6 Å². The van der Waals surface area contributed by atoms with E-state index in [1.807, 2.05) is 37.3 Å². The highest BCUT2D eigenvalue weighted by atomic mass is 16.5. The number of hydrogen-bond acceptors (Lipinski definition) is 6. The molecule has 1 N–H and O–H groups in total. The lowest BCUT2D eigenvalue weighted by molar-refractivity contribution is -0.115. The summed E-state index contributed by atoms with van der Waals surface area (Å²) in [6, 6.07) is 12.9. The zero-order valence-electron chi connectivity index (χ0n) is 16.2. The van der Waals surface area contributed by atoms with Gasteiger partial charge in [0.05, 0.1) is 33.4 Å². The van der Waals surface area contributed by atoms with E-state index in [-0.39, 0.29) is 12.3 Å². The molecule has 0 aliphatic heterocycles. The van der Waals surface area contributed by atoms with E-state index >= 15 is 0 Å². The van der Waals surface area contributed by atoms with E-state index in [4.69, 9.17) is 18.6 Å². The van der Waals surface area contributed by atoms with Crippen LogP contribution >= 0.6 is 0 Å². The second-order valence-electron chi connectivity index (χ2n) is 6.03.